The lowest BCUT2D eigenvalue weighted by Gasteiger charge is -2.31. The maximum absolute atomic E-state index is 9.89. The van der Waals surface area contributed by atoms with Crippen molar-refractivity contribution in [3.8, 4) is 79.6 Å². The molecule has 0 saturated carbocycles. The van der Waals surface area contributed by atoms with Crippen LogP contribution in [0.25, 0.3) is 119 Å². The molecule has 0 spiro atoms. The van der Waals surface area contributed by atoms with Gasteiger partial charge in [-0.2, -0.15) is 10.5 Å². The first-order valence-corrected chi connectivity index (χ1v) is 45.5. The Labute approximate surface area is 782 Å². The van der Waals surface area contributed by atoms with Crippen molar-refractivity contribution in [1.82, 2.24) is 0 Å². The lowest BCUT2D eigenvalue weighted by molar-refractivity contribution is 0.309. The van der Waals surface area contributed by atoms with Gasteiger partial charge in [0.1, 0.15) is 23.0 Å². The Hall–Kier alpha value is -17.2. The van der Waals surface area contributed by atoms with Crippen molar-refractivity contribution < 1.29 is 18.9 Å². The molecule has 20 rings (SSSR count). The number of anilines is 12. The van der Waals surface area contributed by atoms with Crippen LogP contribution in [0.4, 0.5) is 79.6 Å². The van der Waals surface area contributed by atoms with Gasteiger partial charge in [-0.05, 0) is 301 Å². The van der Waals surface area contributed by atoms with E-state index in [-0.39, 0.29) is 0 Å². The highest BCUT2D eigenvalue weighted by Gasteiger charge is 2.30. The standard InChI is InChI=1S/C64H54N4O2.C58H42N4O2/c1-6-8-38-69-53-30-26-51(27-31-53)67(49-22-10-43(3)11-23-49)61-40-59(46-16-14-45(42-65)15-17-46)55-34-36-58-62(41-60(47-18-20-48(66-5)21-19-47)56-35-37-57(61)63(55)64(56)58)68(50-24-12-44(4)13-25-50)52-28-32-54(33-29-52)70-39-9-7-2;1-37-6-18-43(19-7-37)61(45-22-26-47(63-4)27-23-45)55-34-53(40-12-10-39(36-59)11-13-40)49-30-32-52-56(62(44-20-8-38(2)9-21-44)46-24-28-48(64-5)29-25-46)35-54(41-14-16-42(60-3)17-15-41)50-31-33-51(55)57(49)58(50)52/h10-37,40-41H,6-9,38-39H2,1-4H3;6-35H,1-2,4-5H3. The van der Waals surface area contributed by atoms with E-state index in [1.807, 2.05) is 72.8 Å². The quantitative estimate of drug-likeness (QED) is 0.0296. The van der Waals surface area contributed by atoms with Gasteiger partial charge >= 0.3 is 0 Å². The smallest absolute Gasteiger partial charge is 0.187 e. The Morgan fingerprint density at radius 3 is 0.679 bits per heavy atom. The molecule has 12 heteroatoms. The minimum absolute atomic E-state index is 0.590. The highest BCUT2D eigenvalue weighted by atomic mass is 16.5. The third-order valence-electron chi connectivity index (χ3n) is 25.5. The number of aryl methyl sites for hydroxylation is 4. The first-order chi connectivity index (χ1) is 65.7. The summed E-state index contributed by atoms with van der Waals surface area (Å²) in [7, 11) is 3.38. The predicted molar refractivity (Wildman–Crippen MR) is 556 cm³/mol. The number of methoxy groups -OCH3 is 2. The molecule has 0 N–H and O–H groups in total. The van der Waals surface area contributed by atoms with Crippen LogP contribution in [0, 0.1) is 63.5 Å². The Balaban J connectivity index is 0.000000173. The number of nitriles is 2. The molecule has 134 heavy (non-hydrogen) atoms. The molecular formula is C122H96N8O4. The van der Waals surface area contributed by atoms with Crippen molar-refractivity contribution in [2.24, 2.45) is 0 Å². The molecule has 0 saturated heterocycles. The van der Waals surface area contributed by atoms with Gasteiger partial charge in [0.2, 0.25) is 0 Å². The van der Waals surface area contributed by atoms with E-state index < -0.39 is 0 Å². The Morgan fingerprint density at radius 2 is 0.470 bits per heavy atom. The number of hydrogen-bond acceptors (Lipinski definition) is 10. The zero-order chi connectivity index (χ0) is 92.0. The molecule has 0 bridgehead atoms. The molecule has 20 aromatic carbocycles. The van der Waals surface area contributed by atoms with E-state index in [1.165, 1.54) is 22.3 Å². The van der Waals surface area contributed by atoms with Gasteiger partial charge in [-0.25, -0.2) is 9.69 Å². The topological polar surface area (TPSA) is 106 Å². The molecular weight excluding hydrogens is 1640 g/mol. The van der Waals surface area contributed by atoms with Crippen molar-refractivity contribution in [2.75, 3.05) is 47.0 Å². The molecule has 0 amide bonds. The third kappa shape index (κ3) is 16.9. The second kappa shape index (κ2) is 37.9. The lowest BCUT2D eigenvalue weighted by atomic mass is 9.85. The fourth-order valence-electron chi connectivity index (χ4n) is 18.5. The largest absolute Gasteiger partial charge is 0.497 e. The molecule has 0 atom stereocenters. The van der Waals surface area contributed by atoms with Crippen LogP contribution in [-0.2, 0) is 0 Å². The van der Waals surface area contributed by atoms with Crippen LogP contribution >= 0.6 is 0 Å². The number of nitrogens with zero attached hydrogens (tertiary/aromatic N) is 8. The second-order valence-corrected chi connectivity index (χ2v) is 34.1. The molecule has 0 aliphatic rings. The summed E-state index contributed by atoms with van der Waals surface area (Å²) in [5.74, 6) is 3.25. The maximum Gasteiger partial charge on any atom is 0.187 e. The van der Waals surface area contributed by atoms with Gasteiger partial charge in [-0.3, -0.25) is 0 Å². The SMILES string of the molecule is [C-]#[N+]c1ccc(-c2cc(N(c3ccc(C)cc3)c3ccc(OC)cc3)c3ccc4c(-c5ccc(C#N)cc5)cc(N(c5ccc(C)cc5)c5ccc(OC)cc5)c5ccc2c3c45)cc1.[C-]#[N+]c1ccc(-c2cc(N(c3ccc(C)cc3)c3ccc(OCCCC)cc3)c3ccc4c(-c5ccc(C#N)cc5)cc(N(c5ccc(C)cc5)c5ccc(OCCCC)cc5)c5ccc2c3c45)cc1. The Bertz CT molecular complexity index is 7390. The average molecular weight is 1740 g/mol. The van der Waals surface area contributed by atoms with Gasteiger partial charge in [-0.15, -0.1) is 0 Å². The second-order valence-electron chi connectivity index (χ2n) is 34.1. The number of ether oxygens (including phenoxy) is 4. The third-order valence-corrected chi connectivity index (χ3v) is 25.5. The van der Waals surface area contributed by atoms with E-state index in [9.17, 15) is 10.5 Å². The molecule has 20 aromatic rings. The Morgan fingerprint density at radius 1 is 0.261 bits per heavy atom. The summed E-state index contributed by atoms with van der Waals surface area (Å²) in [5.41, 5.74) is 27.5. The minimum atomic E-state index is 0.590. The van der Waals surface area contributed by atoms with Crippen LogP contribution in [0.1, 0.15) is 72.9 Å². The average Bonchev–Trinajstić information content (AvgIpc) is 0.706. The van der Waals surface area contributed by atoms with Crippen LogP contribution in [0.15, 0.2) is 364 Å². The first kappa shape index (κ1) is 86.2. The summed E-state index contributed by atoms with van der Waals surface area (Å²) in [4.78, 5) is 16.9. The highest BCUT2D eigenvalue weighted by Crippen LogP contribution is 2.56. The number of unbranched alkanes of at least 4 members (excludes halogenated alkanes) is 2. The molecule has 0 aliphatic carbocycles. The van der Waals surface area contributed by atoms with Gasteiger partial charge in [0.05, 0.1) is 86.6 Å². The fraction of sp³-hybridized carbons (Fsp3) is 0.115. The summed E-state index contributed by atoms with van der Waals surface area (Å²) in [6.45, 7) is 29.7. The van der Waals surface area contributed by atoms with Gasteiger partial charge in [0.25, 0.3) is 0 Å². The molecule has 0 radical (unpaired) electrons. The van der Waals surface area contributed by atoms with E-state index >= 15 is 0 Å². The fourth-order valence-corrected chi connectivity index (χ4v) is 18.5. The van der Waals surface area contributed by atoms with E-state index in [2.05, 4.69) is 374 Å². The van der Waals surface area contributed by atoms with Crippen LogP contribution < -0.4 is 38.5 Å². The zero-order valence-electron chi connectivity index (χ0n) is 76.1. The predicted octanol–water partition coefficient (Wildman–Crippen LogP) is 34.2. The van der Waals surface area contributed by atoms with Crippen LogP contribution in [-0.4, -0.2) is 27.4 Å². The molecule has 0 unspecified atom stereocenters. The summed E-state index contributed by atoms with van der Waals surface area (Å²) in [5, 5.41) is 33.0. The van der Waals surface area contributed by atoms with Gasteiger partial charge in [0.15, 0.2) is 11.4 Å². The lowest BCUT2D eigenvalue weighted by Crippen LogP contribution is -2.12. The van der Waals surface area contributed by atoms with Crippen molar-refractivity contribution in [3.05, 3.63) is 420 Å². The number of rotatable bonds is 26. The van der Waals surface area contributed by atoms with E-state index in [0.29, 0.717) is 35.7 Å². The molecule has 0 heterocycles. The summed E-state index contributed by atoms with van der Waals surface area (Å²) >= 11 is 0. The van der Waals surface area contributed by atoms with Gasteiger partial charge in [0, 0.05) is 88.6 Å². The van der Waals surface area contributed by atoms with Crippen LogP contribution in [0.5, 0.6) is 23.0 Å². The van der Waals surface area contributed by atoms with E-state index in [1.54, 1.807) is 14.2 Å². The summed E-state index contributed by atoms with van der Waals surface area (Å²) in [6, 6.07) is 132. The molecule has 648 valence electrons. The molecule has 12 nitrogen and oxygen atoms in total. The first-order valence-electron chi connectivity index (χ1n) is 45.5. The van der Waals surface area contributed by atoms with E-state index in [0.717, 1.165) is 226 Å². The van der Waals surface area contributed by atoms with E-state index in [4.69, 9.17) is 32.1 Å². The van der Waals surface area contributed by atoms with Crippen molar-refractivity contribution in [2.45, 2.75) is 67.2 Å². The summed E-state index contributed by atoms with van der Waals surface area (Å²) < 4.78 is 23.6. The molecule has 0 aromatic heterocycles. The van der Waals surface area contributed by atoms with Crippen molar-refractivity contribution in [1.29, 1.82) is 10.5 Å². The molecule has 0 aliphatic heterocycles. The normalized spacial score (nSPS) is 11.1. The van der Waals surface area contributed by atoms with Crippen LogP contribution in [0.2, 0.25) is 0 Å². The number of benzene rings is 20. The van der Waals surface area contributed by atoms with Crippen LogP contribution in [0.3, 0.4) is 0 Å². The number of hydrogen-bond donors (Lipinski definition) is 0. The van der Waals surface area contributed by atoms with Crippen molar-refractivity contribution >= 4 is 144 Å². The zero-order valence-corrected chi connectivity index (χ0v) is 76.1. The van der Waals surface area contributed by atoms with Gasteiger partial charge < -0.3 is 38.5 Å². The maximum atomic E-state index is 9.89. The summed E-state index contributed by atoms with van der Waals surface area (Å²) in [6.07, 6.45) is 4.13. The van der Waals surface area contributed by atoms with Crippen molar-refractivity contribution in [3.63, 3.8) is 0 Å². The minimum Gasteiger partial charge on any atom is -0.497 e. The Kier molecular flexibility index (Phi) is 24.4. The highest BCUT2D eigenvalue weighted by molar-refractivity contribution is 6.34. The monoisotopic (exact) mass is 1740 g/mol. The molecule has 0 fully saturated rings. The van der Waals surface area contributed by atoms with Gasteiger partial charge in [-0.1, -0.05) is 219 Å².